The highest BCUT2D eigenvalue weighted by Gasteiger charge is 2.37. The van der Waals surface area contributed by atoms with Gasteiger partial charge in [0.1, 0.15) is 0 Å². The molecule has 1 atom stereocenters. The molecule has 0 spiro atoms. The normalized spacial score (nSPS) is 28.0. The van der Waals surface area contributed by atoms with E-state index < -0.39 is 0 Å². The lowest BCUT2D eigenvalue weighted by Gasteiger charge is -2.43. The van der Waals surface area contributed by atoms with E-state index >= 15 is 0 Å². The van der Waals surface area contributed by atoms with E-state index in [9.17, 15) is 0 Å². The SMILES string of the molecule is Cc1ccc(-c2n[nH]c(=S)n2C2CC3CCC2CC3)cc1. The molecule has 1 unspecified atom stereocenters. The molecule has 3 fully saturated rings. The van der Waals surface area contributed by atoms with Crippen LogP contribution in [0.2, 0.25) is 0 Å². The topological polar surface area (TPSA) is 33.6 Å². The third-order valence-electron chi connectivity index (χ3n) is 5.36. The molecule has 0 aliphatic heterocycles. The fraction of sp³-hybridized carbons (Fsp3) is 0.529. The van der Waals surface area contributed by atoms with Crippen LogP contribution in [0.15, 0.2) is 24.3 Å². The van der Waals surface area contributed by atoms with E-state index in [1.54, 1.807) is 0 Å². The summed E-state index contributed by atoms with van der Waals surface area (Å²) >= 11 is 5.54. The molecule has 0 amide bonds. The van der Waals surface area contributed by atoms with Gasteiger partial charge in [-0.2, -0.15) is 5.10 Å². The number of rotatable bonds is 2. The summed E-state index contributed by atoms with van der Waals surface area (Å²) in [6, 6.07) is 9.13. The minimum atomic E-state index is 0.542. The van der Waals surface area contributed by atoms with Crippen LogP contribution < -0.4 is 0 Å². The number of nitrogens with one attached hydrogen (secondary N) is 1. The fourth-order valence-corrected chi connectivity index (χ4v) is 4.45. The lowest BCUT2D eigenvalue weighted by Crippen LogP contribution is -2.33. The zero-order valence-corrected chi connectivity index (χ0v) is 13.2. The summed E-state index contributed by atoms with van der Waals surface area (Å²) < 4.78 is 3.08. The van der Waals surface area contributed by atoms with Crippen LogP contribution in [0.25, 0.3) is 11.4 Å². The third kappa shape index (κ3) is 2.26. The summed E-state index contributed by atoms with van der Waals surface area (Å²) in [6.07, 6.45) is 6.81. The maximum atomic E-state index is 5.54. The monoisotopic (exact) mass is 299 g/mol. The highest BCUT2D eigenvalue weighted by molar-refractivity contribution is 7.71. The Balaban J connectivity index is 1.77. The Morgan fingerprint density at radius 3 is 2.48 bits per heavy atom. The molecule has 0 saturated heterocycles. The molecule has 1 aromatic heterocycles. The smallest absolute Gasteiger partial charge is 0.195 e. The first-order valence-electron chi connectivity index (χ1n) is 7.96. The van der Waals surface area contributed by atoms with Crippen molar-refractivity contribution < 1.29 is 0 Å². The minimum absolute atomic E-state index is 0.542. The summed E-state index contributed by atoms with van der Waals surface area (Å²) in [5.74, 6) is 2.68. The molecule has 1 aromatic carbocycles. The van der Waals surface area contributed by atoms with Gasteiger partial charge in [0.15, 0.2) is 10.6 Å². The van der Waals surface area contributed by atoms with E-state index in [4.69, 9.17) is 12.2 Å². The molecule has 4 heteroatoms. The van der Waals surface area contributed by atoms with Crippen LogP contribution in [0.1, 0.15) is 43.7 Å². The summed E-state index contributed by atoms with van der Waals surface area (Å²) in [7, 11) is 0. The van der Waals surface area contributed by atoms with Crippen molar-refractivity contribution in [3.8, 4) is 11.4 Å². The Hall–Kier alpha value is -1.42. The summed E-state index contributed by atoms with van der Waals surface area (Å²) in [6.45, 7) is 2.11. The maximum absolute atomic E-state index is 5.54. The maximum Gasteiger partial charge on any atom is 0.195 e. The van der Waals surface area contributed by atoms with Gasteiger partial charge in [-0.15, -0.1) is 0 Å². The van der Waals surface area contributed by atoms with Gasteiger partial charge in [-0.25, -0.2) is 0 Å². The number of aryl methyl sites for hydroxylation is 1. The predicted octanol–water partition coefficient (Wildman–Crippen LogP) is 4.67. The molecule has 2 aromatic rings. The average Bonchev–Trinajstić information content (AvgIpc) is 2.91. The lowest BCUT2D eigenvalue weighted by atomic mass is 9.68. The summed E-state index contributed by atoms with van der Waals surface area (Å²) in [5.41, 5.74) is 2.44. The van der Waals surface area contributed by atoms with Crippen LogP contribution in [-0.4, -0.2) is 14.8 Å². The van der Waals surface area contributed by atoms with Crippen molar-refractivity contribution in [3.05, 3.63) is 34.6 Å². The first-order chi connectivity index (χ1) is 10.2. The van der Waals surface area contributed by atoms with Crippen LogP contribution in [0.4, 0.5) is 0 Å². The zero-order chi connectivity index (χ0) is 14.4. The Kier molecular flexibility index (Phi) is 3.21. The second-order valence-corrected chi connectivity index (χ2v) is 7.06. The Morgan fingerprint density at radius 1 is 1.14 bits per heavy atom. The molecule has 1 heterocycles. The van der Waals surface area contributed by atoms with Gasteiger partial charge < -0.3 is 0 Å². The molecular formula is C17H21N3S. The van der Waals surface area contributed by atoms with Crippen molar-refractivity contribution in [3.63, 3.8) is 0 Å². The van der Waals surface area contributed by atoms with Crippen LogP contribution in [0.3, 0.4) is 0 Å². The first-order valence-corrected chi connectivity index (χ1v) is 8.37. The molecule has 2 bridgehead atoms. The van der Waals surface area contributed by atoms with Gasteiger partial charge in [0.2, 0.25) is 0 Å². The van der Waals surface area contributed by atoms with Gasteiger partial charge in [0.05, 0.1) is 0 Å². The number of fused-ring (bicyclic) bond motifs is 3. The first kappa shape index (κ1) is 13.3. The molecule has 3 aliphatic carbocycles. The molecule has 3 aliphatic rings. The van der Waals surface area contributed by atoms with E-state index in [0.717, 1.165) is 28.0 Å². The van der Waals surface area contributed by atoms with Crippen molar-refractivity contribution in [2.45, 2.75) is 45.1 Å². The van der Waals surface area contributed by atoms with Crippen LogP contribution in [0, 0.1) is 23.5 Å². The zero-order valence-electron chi connectivity index (χ0n) is 12.4. The third-order valence-corrected chi connectivity index (χ3v) is 5.64. The van der Waals surface area contributed by atoms with Gasteiger partial charge in [0, 0.05) is 11.6 Å². The van der Waals surface area contributed by atoms with Crippen molar-refractivity contribution in [2.75, 3.05) is 0 Å². The number of hydrogen-bond acceptors (Lipinski definition) is 2. The van der Waals surface area contributed by atoms with Crippen molar-refractivity contribution in [1.82, 2.24) is 14.8 Å². The second-order valence-electron chi connectivity index (χ2n) is 6.67. The van der Waals surface area contributed by atoms with Crippen LogP contribution >= 0.6 is 12.2 Å². The Bertz CT molecular complexity index is 690. The molecule has 3 nitrogen and oxygen atoms in total. The quantitative estimate of drug-likeness (QED) is 0.818. The molecule has 3 saturated carbocycles. The molecule has 21 heavy (non-hydrogen) atoms. The number of aromatic amines is 1. The number of hydrogen-bond donors (Lipinski definition) is 1. The van der Waals surface area contributed by atoms with Crippen LogP contribution in [0.5, 0.6) is 0 Å². The summed E-state index contributed by atoms with van der Waals surface area (Å²) in [5, 5.41) is 7.54. The Morgan fingerprint density at radius 2 is 1.86 bits per heavy atom. The Labute approximate surface area is 130 Å². The van der Waals surface area contributed by atoms with Crippen LogP contribution in [-0.2, 0) is 0 Å². The minimum Gasteiger partial charge on any atom is -0.297 e. The largest absolute Gasteiger partial charge is 0.297 e. The van der Waals surface area contributed by atoms with Crippen molar-refractivity contribution in [1.29, 1.82) is 0 Å². The average molecular weight is 299 g/mol. The molecule has 110 valence electrons. The van der Waals surface area contributed by atoms with E-state index in [1.807, 2.05) is 0 Å². The summed E-state index contributed by atoms with van der Waals surface area (Å²) in [4.78, 5) is 0. The van der Waals surface area contributed by atoms with Crippen molar-refractivity contribution >= 4 is 12.2 Å². The standard InChI is InChI=1S/C17H21N3S/c1-11-2-6-14(7-3-11)16-18-19-17(21)20(16)15-10-12-4-8-13(15)9-5-12/h2-3,6-7,12-13,15H,4-5,8-10H2,1H3,(H,19,21). The van der Waals surface area contributed by atoms with Crippen molar-refractivity contribution in [2.24, 2.45) is 11.8 Å². The molecular weight excluding hydrogens is 278 g/mol. The van der Waals surface area contributed by atoms with E-state index in [0.29, 0.717) is 6.04 Å². The fourth-order valence-electron chi connectivity index (χ4n) is 4.18. The van der Waals surface area contributed by atoms with E-state index in [1.165, 1.54) is 37.7 Å². The van der Waals surface area contributed by atoms with E-state index in [2.05, 4.69) is 46.0 Å². The van der Waals surface area contributed by atoms with Gasteiger partial charge >= 0.3 is 0 Å². The van der Waals surface area contributed by atoms with Gasteiger partial charge in [-0.1, -0.05) is 42.7 Å². The molecule has 1 N–H and O–H groups in total. The van der Waals surface area contributed by atoms with Gasteiger partial charge in [-0.05, 0) is 50.2 Å². The highest BCUT2D eigenvalue weighted by Crippen LogP contribution is 2.48. The highest BCUT2D eigenvalue weighted by atomic mass is 32.1. The van der Waals surface area contributed by atoms with E-state index in [-0.39, 0.29) is 0 Å². The lowest BCUT2D eigenvalue weighted by molar-refractivity contribution is 0.105. The second kappa shape index (κ2) is 5.09. The van der Waals surface area contributed by atoms with Gasteiger partial charge in [0.25, 0.3) is 0 Å². The number of benzene rings is 1. The predicted molar refractivity (Wildman–Crippen MR) is 86.7 cm³/mol. The molecule has 0 radical (unpaired) electrons. The number of H-pyrrole nitrogens is 1. The molecule has 5 rings (SSSR count). The number of aromatic nitrogens is 3. The van der Waals surface area contributed by atoms with Gasteiger partial charge in [-0.3, -0.25) is 9.67 Å². The number of nitrogens with zero attached hydrogens (tertiary/aromatic N) is 2.